The smallest absolute Gasteiger partial charge is 0.284 e. The molecule has 0 radical (unpaired) electrons. The molecule has 6 nitrogen and oxygen atoms in total. The van der Waals surface area contributed by atoms with E-state index in [0.717, 1.165) is 0 Å². The number of nitro benzene ring substituents is 1. The Morgan fingerprint density at radius 3 is 2.95 bits per heavy atom. The highest BCUT2D eigenvalue weighted by Crippen LogP contribution is 2.29. The van der Waals surface area contributed by atoms with E-state index < -0.39 is 4.92 Å². The van der Waals surface area contributed by atoms with Crippen LogP contribution in [0.3, 0.4) is 0 Å². The van der Waals surface area contributed by atoms with E-state index in [2.05, 4.69) is 15.9 Å². The maximum atomic E-state index is 12.4. The van der Waals surface area contributed by atoms with E-state index in [0.29, 0.717) is 25.3 Å². The summed E-state index contributed by atoms with van der Waals surface area (Å²) in [6, 6.07) is 4.43. The third-order valence-corrected chi connectivity index (χ3v) is 3.87. The molecule has 7 heteroatoms. The summed E-state index contributed by atoms with van der Waals surface area (Å²) in [4.78, 5) is 24.5. The Kier molecular flexibility index (Phi) is 4.16. The molecule has 1 atom stereocenters. The van der Waals surface area contributed by atoms with E-state index >= 15 is 0 Å². The molecule has 1 aliphatic rings. The molecular weight excluding hydrogens is 316 g/mol. The van der Waals surface area contributed by atoms with Crippen LogP contribution in [0.5, 0.6) is 0 Å². The first-order valence-corrected chi connectivity index (χ1v) is 6.63. The Labute approximate surface area is 118 Å². The molecule has 1 amide bonds. The Morgan fingerprint density at radius 2 is 2.32 bits per heavy atom. The molecule has 0 aliphatic carbocycles. The average Bonchev–Trinajstić information content (AvgIpc) is 2.38. The first-order chi connectivity index (χ1) is 9.02. The van der Waals surface area contributed by atoms with Crippen LogP contribution >= 0.6 is 15.9 Å². The van der Waals surface area contributed by atoms with Gasteiger partial charge in [0.15, 0.2) is 0 Å². The number of ether oxygens (including phenoxy) is 1. The van der Waals surface area contributed by atoms with Gasteiger partial charge in [0, 0.05) is 12.6 Å². The van der Waals surface area contributed by atoms with Crippen LogP contribution in [-0.2, 0) is 4.74 Å². The van der Waals surface area contributed by atoms with Crippen molar-refractivity contribution in [2.45, 2.75) is 13.0 Å². The largest absolute Gasteiger partial charge is 0.377 e. The van der Waals surface area contributed by atoms with Gasteiger partial charge in [-0.25, -0.2) is 0 Å². The summed E-state index contributed by atoms with van der Waals surface area (Å²) in [6.07, 6.45) is 0. The zero-order chi connectivity index (χ0) is 14.0. The Morgan fingerprint density at radius 1 is 1.58 bits per heavy atom. The number of carbonyl (C=O) groups is 1. The van der Waals surface area contributed by atoms with Crippen molar-refractivity contribution in [1.82, 2.24) is 4.90 Å². The maximum absolute atomic E-state index is 12.4. The summed E-state index contributed by atoms with van der Waals surface area (Å²) in [5.74, 6) is -0.216. The van der Waals surface area contributed by atoms with Crippen LogP contribution in [0.15, 0.2) is 22.7 Å². The van der Waals surface area contributed by atoms with Gasteiger partial charge in [0.1, 0.15) is 4.47 Å². The average molecular weight is 329 g/mol. The second-order valence-corrected chi connectivity index (χ2v) is 5.11. The monoisotopic (exact) mass is 328 g/mol. The van der Waals surface area contributed by atoms with E-state index in [4.69, 9.17) is 4.74 Å². The van der Waals surface area contributed by atoms with Crippen LogP contribution in [-0.4, -0.2) is 41.5 Å². The molecule has 1 heterocycles. The third-order valence-electron chi connectivity index (χ3n) is 3.03. The van der Waals surface area contributed by atoms with Gasteiger partial charge in [0.2, 0.25) is 0 Å². The van der Waals surface area contributed by atoms with Crippen LogP contribution in [0.2, 0.25) is 0 Å². The van der Waals surface area contributed by atoms with Gasteiger partial charge in [-0.3, -0.25) is 14.9 Å². The van der Waals surface area contributed by atoms with Crippen molar-refractivity contribution in [2.24, 2.45) is 0 Å². The predicted molar refractivity (Wildman–Crippen MR) is 72.1 cm³/mol. The number of hydrogen-bond donors (Lipinski definition) is 0. The van der Waals surface area contributed by atoms with Crippen molar-refractivity contribution in [2.75, 3.05) is 19.8 Å². The van der Waals surface area contributed by atoms with E-state index in [9.17, 15) is 14.9 Å². The van der Waals surface area contributed by atoms with Crippen LogP contribution < -0.4 is 0 Å². The molecule has 1 aliphatic heterocycles. The summed E-state index contributed by atoms with van der Waals surface area (Å²) in [6.45, 7) is 3.36. The lowest BCUT2D eigenvalue weighted by molar-refractivity contribution is -0.385. The first kappa shape index (κ1) is 14.0. The Balaban J connectivity index is 2.33. The summed E-state index contributed by atoms with van der Waals surface area (Å²) in [5.41, 5.74) is 0.203. The van der Waals surface area contributed by atoms with Gasteiger partial charge in [0.05, 0.1) is 29.7 Å². The molecule has 1 aromatic rings. The fourth-order valence-electron chi connectivity index (χ4n) is 2.01. The second-order valence-electron chi connectivity index (χ2n) is 4.32. The molecule has 1 saturated heterocycles. The number of amides is 1. The van der Waals surface area contributed by atoms with Gasteiger partial charge in [0.25, 0.3) is 11.6 Å². The van der Waals surface area contributed by atoms with E-state index in [-0.39, 0.29) is 22.1 Å². The number of benzene rings is 1. The molecule has 0 N–H and O–H groups in total. The predicted octanol–water partition coefficient (Wildman–Crippen LogP) is 2.22. The molecule has 0 saturated carbocycles. The molecule has 2 rings (SSSR count). The highest BCUT2D eigenvalue weighted by Gasteiger charge is 2.28. The van der Waals surface area contributed by atoms with E-state index in [1.807, 2.05) is 6.92 Å². The molecule has 0 aromatic heterocycles. The van der Waals surface area contributed by atoms with Crippen molar-refractivity contribution in [3.63, 3.8) is 0 Å². The molecule has 0 spiro atoms. The van der Waals surface area contributed by atoms with Crippen molar-refractivity contribution in [3.05, 3.63) is 38.3 Å². The fourth-order valence-corrected chi connectivity index (χ4v) is 2.59. The normalized spacial score (nSPS) is 19.3. The lowest BCUT2D eigenvalue weighted by atomic mass is 10.1. The molecule has 19 heavy (non-hydrogen) atoms. The van der Waals surface area contributed by atoms with Gasteiger partial charge in [-0.15, -0.1) is 0 Å². The lowest BCUT2D eigenvalue weighted by Gasteiger charge is -2.33. The number of halogens is 1. The van der Waals surface area contributed by atoms with Gasteiger partial charge in [-0.2, -0.15) is 0 Å². The standard InChI is InChI=1S/C12H13BrN2O4/c1-8-7-19-6-5-14(8)12(16)9-3-2-4-10(11(9)13)15(17)18/h2-4,8H,5-7H2,1H3/t8-/m1/s1. The van der Waals surface area contributed by atoms with Crippen LogP contribution in [0.25, 0.3) is 0 Å². The van der Waals surface area contributed by atoms with Crippen LogP contribution in [0.4, 0.5) is 5.69 Å². The second kappa shape index (κ2) is 5.66. The number of rotatable bonds is 2. The van der Waals surface area contributed by atoms with Gasteiger partial charge < -0.3 is 9.64 Å². The molecule has 0 bridgehead atoms. The summed E-state index contributed by atoms with van der Waals surface area (Å²) < 4.78 is 5.50. The molecular formula is C12H13BrN2O4. The highest BCUT2D eigenvalue weighted by molar-refractivity contribution is 9.10. The van der Waals surface area contributed by atoms with Crippen LogP contribution in [0, 0.1) is 10.1 Å². The van der Waals surface area contributed by atoms with Gasteiger partial charge >= 0.3 is 0 Å². The van der Waals surface area contributed by atoms with Crippen molar-refractivity contribution in [1.29, 1.82) is 0 Å². The molecule has 1 aromatic carbocycles. The Bertz CT molecular complexity index is 520. The molecule has 102 valence electrons. The van der Waals surface area contributed by atoms with Crippen molar-refractivity contribution in [3.8, 4) is 0 Å². The molecule has 0 unspecified atom stereocenters. The number of carbonyl (C=O) groups excluding carboxylic acids is 1. The van der Waals surface area contributed by atoms with Crippen LogP contribution in [0.1, 0.15) is 17.3 Å². The minimum absolute atomic E-state index is 0.0348. The van der Waals surface area contributed by atoms with Gasteiger partial charge in [-0.1, -0.05) is 6.07 Å². The number of hydrogen-bond acceptors (Lipinski definition) is 4. The van der Waals surface area contributed by atoms with Crippen molar-refractivity contribution >= 4 is 27.5 Å². The highest BCUT2D eigenvalue weighted by atomic mass is 79.9. The number of nitro groups is 1. The summed E-state index contributed by atoms with van der Waals surface area (Å²) in [5, 5.41) is 10.9. The van der Waals surface area contributed by atoms with Crippen molar-refractivity contribution < 1.29 is 14.5 Å². The topological polar surface area (TPSA) is 72.7 Å². The first-order valence-electron chi connectivity index (χ1n) is 5.84. The summed E-state index contributed by atoms with van der Waals surface area (Å²) >= 11 is 3.15. The molecule has 1 fully saturated rings. The maximum Gasteiger partial charge on any atom is 0.284 e. The quantitative estimate of drug-likeness (QED) is 0.616. The van der Waals surface area contributed by atoms with E-state index in [1.54, 1.807) is 11.0 Å². The third kappa shape index (κ3) is 2.76. The zero-order valence-corrected chi connectivity index (χ0v) is 11.9. The number of morpholine rings is 1. The van der Waals surface area contributed by atoms with Gasteiger partial charge in [-0.05, 0) is 28.9 Å². The SMILES string of the molecule is C[C@@H]1COCCN1C(=O)c1cccc([N+](=O)[O-])c1Br. The van der Waals surface area contributed by atoms with E-state index in [1.165, 1.54) is 12.1 Å². The lowest BCUT2D eigenvalue weighted by Crippen LogP contribution is -2.47. The Hall–Kier alpha value is -1.47. The fraction of sp³-hybridized carbons (Fsp3) is 0.417. The minimum atomic E-state index is -0.510. The minimum Gasteiger partial charge on any atom is -0.377 e. The summed E-state index contributed by atoms with van der Waals surface area (Å²) in [7, 11) is 0. The number of nitrogens with zero attached hydrogens (tertiary/aromatic N) is 2. The zero-order valence-electron chi connectivity index (χ0n) is 10.3.